The van der Waals surface area contributed by atoms with E-state index in [2.05, 4.69) is 20.4 Å². The molecule has 2 aliphatic heterocycles. The third-order valence-corrected chi connectivity index (χ3v) is 5.17. The lowest BCUT2D eigenvalue weighted by atomic mass is 10.0. The molecule has 1 saturated heterocycles. The van der Waals surface area contributed by atoms with Gasteiger partial charge in [-0.1, -0.05) is 0 Å². The molecule has 2 aliphatic rings. The van der Waals surface area contributed by atoms with Crippen molar-refractivity contribution in [1.82, 2.24) is 20.4 Å². The normalized spacial score (nSPS) is 17.2. The summed E-state index contributed by atoms with van der Waals surface area (Å²) >= 11 is 0. The van der Waals surface area contributed by atoms with Crippen molar-refractivity contribution in [3.8, 4) is 5.88 Å². The molecular formula is C19H25N5O4. The number of carbonyl (C=O) groups excluding carboxylic acids is 1. The first-order valence-electron chi connectivity index (χ1n) is 9.67. The second-order valence-electron chi connectivity index (χ2n) is 7.11. The average molecular weight is 387 g/mol. The summed E-state index contributed by atoms with van der Waals surface area (Å²) < 4.78 is 15.5. The maximum absolute atomic E-state index is 12.2. The predicted molar refractivity (Wildman–Crippen MR) is 100 cm³/mol. The van der Waals surface area contributed by atoms with Crippen molar-refractivity contribution in [2.24, 2.45) is 0 Å². The van der Waals surface area contributed by atoms with Gasteiger partial charge in [-0.3, -0.25) is 4.79 Å². The highest BCUT2D eigenvalue weighted by atomic mass is 16.5. The summed E-state index contributed by atoms with van der Waals surface area (Å²) in [6.07, 6.45) is 5.36. The first kappa shape index (κ1) is 18.7. The second-order valence-corrected chi connectivity index (χ2v) is 7.11. The molecular weight excluding hydrogens is 362 g/mol. The number of amides is 1. The van der Waals surface area contributed by atoms with E-state index in [1.807, 2.05) is 6.20 Å². The number of aromatic nitrogens is 3. The smallest absolute Gasteiger partial charge is 0.254 e. The molecule has 0 aliphatic carbocycles. The number of aryl methyl sites for hydroxylation is 1. The molecule has 9 nitrogen and oxygen atoms in total. The first-order valence-corrected chi connectivity index (χ1v) is 9.67. The van der Waals surface area contributed by atoms with E-state index in [9.17, 15) is 4.79 Å². The van der Waals surface area contributed by atoms with Crippen molar-refractivity contribution in [2.75, 3.05) is 31.7 Å². The molecule has 9 heteroatoms. The molecule has 1 amide bonds. The van der Waals surface area contributed by atoms with Crippen LogP contribution >= 0.6 is 0 Å². The monoisotopic (exact) mass is 387 g/mol. The van der Waals surface area contributed by atoms with E-state index < -0.39 is 0 Å². The summed E-state index contributed by atoms with van der Waals surface area (Å²) in [6.45, 7) is 2.99. The van der Waals surface area contributed by atoms with E-state index in [0.29, 0.717) is 31.1 Å². The van der Waals surface area contributed by atoms with Crippen LogP contribution in [0.4, 0.5) is 5.95 Å². The van der Waals surface area contributed by atoms with Gasteiger partial charge in [0.05, 0.1) is 26.0 Å². The van der Waals surface area contributed by atoms with Gasteiger partial charge in [-0.25, -0.2) is 9.97 Å². The Morgan fingerprint density at radius 2 is 2.25 bits per heavy atom. The van der Waals surface area contributed by atoms with Crippen LogP contribution in [-0.2, 0) is 29.0 Å². The van der Waals surface area contributed by atoms with Gasteiger partial charge >= 0.3 is 0 Å². The van der Waals surface area contributed by atoms with Gasteiger partial charge in [0.25, 0.3) is 5.88 Å². The Bertz CT molecular complexity index is 816. The highest BCUT2D eigenvalue weighted by molar-refractivity contribution is 5.76. The summed E-state index contributed by atoms with van der Waals surface area (Å²) in [5.74, 6) is 1.89. The number of rotatable bonds is 6. The van der Waals surface area contributed by atoms with Crippen LogP contribution in [0.2, 0.25) is 0 Å². The SMILES string of the molecule is COc1cc(CCC(=O)NC2CCN(c3ncc4c(n3)CCOC4)CC2)on1. The van der Waals surface area contributed by atoms with Crippen LogP contribution in [0.25, 0.3) is 0 Å². The van der Waals surface area contributed by atoms with Crippen molar-refractivity contribution in [3.05, 3.63) is 29.3 Å². The molecule has 0 bridgehead atoms. The molecule has 4 heterocycles. The number of nitrogens with zero attached hydrogens (tertiary/aromatic N) is 4. The van der Waals surface area contributed by atoms with E-state index in [0.717, 1.165) is 56.2 Å². The number of piperidine rings is 1. The van der Waals surface area contributed by atoms with Crippen LogP contribution in [0.15, 0.2) is 16.8 Å². The molecule has 2 aromatic heterocycles. The summed E-state index contributed by atoms with van der Waals surface area (Å²) in [7, 11) is 1.53. The fourth-order valence-electron chi connectivity index (χ4n) is 3.54. The minimum Gasteiger partial charge on any atom is -0.479 e. The molecule has 4 rings (SSSR count). The Hall–Kier alpha value is -2.68. The van der Waals surface area contributed by atoms with Gasteiger partial charge in [0, 0.05) is 56.2 Å². The molecule has 2 aromatic rings. The number of hydrogen-bond donors (Lipinski definition) is 1. The zero-order valence-corrected chi connectivity index (χ0v) is 16.0. The lowest BCUT2D eigenvalue weighted by molar-refractivity contribution is -0.121. The maximum atomic E-state index is 12.2. The lowest BCUT2D eigenvalue weighted by Gasteiger charge is -2.32. The Morgan fingerprint density at radius 3 is 3.04 bits per heavy atom. The van der Waals surface area contributed by atoms with Gasteiger partial charge < -0.3 is 24.2 Å². The van der Waals surface area contributed by atoms with Crippen molar-refractivity contribution < 1.29 is 18.8 Å². The van der Waals surface area contributed by atoms with E-state index >= 15 is 0 Å². The number of nitrogens with one attached hydrogen (secondary N) is 1. The van der Waals surface area contributed by atoms with Crippen LogP contribution in [0.1, 0.15) is 36.3 Å². The van der Waals surface area contributed by atoms with E-state index in [1.165, 1.54) is 7.11 Å². The molecule has 0 aromatic carbocycles. The molecule has 0 radical (unpaired) electrons. The number of carbonyl (C=O) groups is 1. The Labute approximate surface area is 163 Å². The number of fused-ring (bicyclic) bond motifs is 1. The standard InChI is InChI=1S/C19H25N5O4/c1-26-18-10-15(28-23-18)2-3-17(25)21-14-4-7-24(8-5-14)19-20-11-13-12-27-9-6-16(13)22-19/h10-11,14H,2-9,12H2,1H3,(H,21,25). The topological polar surface area (TPSA) is 103 Å². The lowest BCUT2D eigenvalue weighted by Crippen LogP contribution is -2.45. The fraction of sp³-hybridized carbons (Fsp3) is 0.579. The van der Waals surface area contributed by atoms with Gasteiger partial charge in [-0.2, -0.15) is 0 Å². The van der Waals surface area contributed by atoms with Crippen LogP contribution in [-0.4, -0.2) is 53.9 Å². The minimum atomic E-state index is 0.0267. The number of anilines is 1. The molecule has 1 N–H and O–H groups in total. The van der Waals surface area contributed by atoms with Crippen LogP contribution in [0.5, 0.6) is 5.88 Å². The van der Waals surface area contributed by atoms with Gasteiger partial charge in [0.1, 0.15) is 5.76 Å². The predicted octanol–water partition coefficient (Wildman–Crippen LogP) is 1.26. The third kappa shape index (κ3) is 4.41. The Balaban J connectivity index is 1.23. The zero-order valence-electron chi connectivity index (χ0n) is 16.0. The maximum Gasteiger partial charge on any atom is 0.254 e. The van der Waals surface area contributed by atoms with E-state index in [4.69, 9.17) is 19.0 Å². The number of methoxy groups -OCH3 is 1. The molecule has 0 saturated carbocycles. The quantitative estimate of drug-likeness (QED) is 0.790. The van der Waals surface area contributed by atoms with Crippen LogP contribution in [0, 0.1) is 0 Å². The van der Waals surface area contributed by atoms with Gasteiger partial charge in [-0.05, 0) is 18.0 Å². The third-order valence-electron chi connectivity index (χ3n) is 5.17. The Kier molecular flexibility index (Phi) is 5.70. The van der Waals surface area contributed by atoms with Crippen molar-refractivity contribution in [2.45, 2.75) is 44.8 Å². The van der Waals surface area contributed by atoms with Crippen LogP contribution < -0.4 is 15.0 Å². The summed E-state index contributed by atoms with van der Waals surface area (Å²) in [6, 6.07) is 1.88. The average Bonchev–Trinajstić information content (AvgIpc) is 3.21. The molecule has 28 heavy (non-hydrogen) atoms. The molecule has 0 unspecified atom stereocenters. The number of hydrogen-bond acceptors (Lipinski definition) is 8. The molecule has 0 atom stereocenters. The van der Waals surface area contributed by atoms with Gasteiger partial charge in [-0.15, -0.1) is 0 Å². The summed E-state index contributed by atoms with van der Waals surface area (Å²) in [5, 5.41) is 6.85. The highest BCUT2D eigenvalue weighted by Crippen LogP contribution is 2.20. The number of ether oxygens (including phenoxy) is 2. The van der Waals surface area contributed by atoms with Gasteiger partial charge in [0.2, 0.25) is 11.9 Å². The minimum absolute atomic E-state index is 0.0267. The van der Waals surface area contributed by atoms with E-state index in [-0.39, 0.29) is 11.9 Å². The summed E-state index contributed by atoms with van der Waals surface area (Å²) in [4.78, 5) is 23.6. The van der Waals surface area contributed by atoms with Crippen LogP contribution in [0.3, 0.4) is 0 Å². The molecule has 150 valence electrons. The Morgan fingerprint density at radius 1 is 1.39 bits per heavy atom. The fourth-order valence-corrected chi connectivity index (χ4v) is 3.54. The van der Waals surface area contributed by atoms with Crippen molar-refractivity contribution >= 4 is 11.9 Å². The molecule has 1 fully saturated rings. The first-order chi connectivity index (χ1) is 13.7. The van der Waals surface area contributed by atoms with E-state index in [1.54, 1.807) is 6.07 Å². The highest BCUT2D eigenvalue weighted by Gasteiger charge is 2.23. The summed E-state index contributed by atoms with van der Waals surface area (Å²) in [5.41, 5.74) is 2.18. The zero-order chi connectivity index (χ0) is 19.3. The largest absolute Gasteiger partial charge is 0.479 e. The molecule has 0 spiro atoms. The van der Waals surface area contributed by atoms with Gasteiger partial charge in [0.15, 0.2) is 0 Å². The van der Waals surface area contributed by atoms with Crippen molar-refractivity contribution in [3.63, 3.8) is 0 Å². The van der Waals surface area contributed by atoms with Crippen molar-refractivity contribution in [1.29, 1.82) is 0 Å². The second kappa shape index (κ2) is 8.55.